The first-order valence-corrected chi connectivity index (χ1v) is 11.4. The smallest absolute Gasteiger partial charge is 0.306 e. The molecule has 2 aromatic rings. The fourth-order valence-corrected chi connectivity index (χ4v) is 4.54. The van der Waals surface area contributed by atoms with E-state index in [4.69, 9.17) is 0 Å². The van der Waals surface area contributed by atoms with Crippen molar-refractivity contribution in [1.29, 1.82) is 0 Å². The monoisotopic (exact) mass is 428 g/mol. The molecule has 166 valence electrons. The molecule has 1 unspecified atom stereocenters. The molecule has 32 heavy (non-hydrogen) atoms. The molecule has 4 nitrogen and oxygen atoms in total. The van der Waals surface area contributed by atoms with E-state index in [1.807, 2.05) is 44.2 Å². The van der Waals surface area contributed by atoms with Gasteiger partial charge in [0.2, 0.25) is 0 Å². The molecule has 4 heteroatoms. The molecule has 1 aliphatic heterocycles. The molecule has 1 aliphatic carbocycles. The second-order valence-corrected chi connectivity index (χ2v) is 9.61. The largest absolute Gasteiger partial charge is 0.332 e. The minimum absolute atomic E-state index is 0.175. The predicted molar refractivity (Wildman–Crippen MR) is 130 cm³/mol. The van der Waals surface area contributed by atoms with Gasteiger partial charge in [-0.1, -0.05) is 74.5 Å². The zero-order valence-corrected chi connectivity index (χ0v) is 19.4. The Labute approximate surface area is 191 Å². The third-order valence-electron chi connectivity index (χ3n) is 6.70. The zero-order chi connectivity index (χ0) is 22.9. The highest BCUT2D eigenvalue weighted by Crippen LogP contribution is 2.35. The molecule has 0 radical (unpaired) electrons. The molecule has 1 atom stereocenters. The van der Waals surface area contributed by atoms with Crippen LogP contribution in [0.2, 0.25) is 0 Å². The molecule has 3 amide bonds. The molecule has 1 saturated heterocycles. The Bertz CT molecular complexity index is 1050. The van der Waals surface area contributed by atoms with Crippen LogP contribution in [0.1, 0.15) is 51.2 Å². The number of rotatable bonds is 6. The van der Waals surface area contributed by atoms with Gasteiger partial charge in [0.1, 0.15) is 5.54 Å². The molecule has 1 fully saturated rings. The van der Waals surface area contributed by atoms with Gasteiger partial charge in [-0.25, -0.2) is 9.69 Å². The minimum atomic E-state index is -0.896. The Balaban J connectivity index is 1.57. The molecule has 0 N–H and O–H groups in total. The highest BCUT2D eigenvalue weighted by molar-refractivity contribution is 6.23. The van der Waals surface area contributed by atoms with Gasteiger partial charge in [0, 0.05) is 6.54 Å². The van der Waals surface area contributed by atoms with Crippen molar-refractivity contribution >= 4 is 17.6 Å². The van der Waals surface area contributed by atoms with Crippen molar-refractivity contribution in [3.63, 3.8) is 0 Å². The highest BCUT2D eigenvalue weighted by atomic mass is 16.2. The molecule has 0 aromatic heterocycles. The number of nitrogens with zero attached hydrogens (tertiary/aromatic N) is 2. The van der Waals surface area contributed by atoms with Gasteiger partial charge in [-0.05, 0) is 67.4 Å². The molecular formula is C28H32N2O2. The molecule has 0 spiro atoms. The summed E-state index contributed by atoms with van der Waals surface area (Å²) < 4.78 is 0. The van der Waals surface area contributed by atoms with Gasteiger partial charge in [-0.15, -0.1) is 0 Å². The van der Waals surface area contributed by atoms with E-state index in [2.05, 4.69) is 56.3 Å². The normalized spacial score (nSPS) is 20.3. The highest BCUT2D eigenvalue weighted by Gasteiger charge is 2.52. The molecular weight excluding hydrogens is 396 g/mol. The summed E-state index contributed by atoms with van der Waals surface area (Å²) in [6.45, 7) is 8.41. The third kappa shape index (κ3) is 4.14. The number of carbonyl (C=O) groups excluding carboxylic acids is 2. The number of hydrogen-bond acceptors (Lipinski definition) is 2. The quantitative estimate of drug-likeness (QED) is 0.522. The van der Waals surface area contributed by atoms with E-state index in [-0.39, 0.29) is 11.9 Å². The Morgan fingerprint density at radius 2 is 1.69 bits per heavy atom. The summed E-state index contributed by atoms with van der Waals surface area (Å²) in [7, 11) is 0. The summed E-state index contributed by atoms with van der Waals surface area (Å²) in [6, 6.07) is 18.0. The Hall–Kier alpha value is -3.14. The second kappa shape index (κ2) is 8.78. The zero-order valence-electron chi connectivity index (χ0n) is 19.4. The van der Waals surface area contributed by atoms with Crippen LogP contribution in [0.15, 0.2) is 78.4 Å². The van der Waals surface area contributed by atoms with Crippen molar-refractivity contribution in [3.05, 3.63) is 89.5 Å². The van der Waals surface area contributed by atoms with Gasteiger partial charge in [0.15, 0.2) is 0 Å². The van der Waals surface area contributed by atoms with E-state index in [0.29, 0.717) is 24.1 Å². The number of carbonyl (C=O) groups is 2. The first-order chi connectivity index (χ1) is 15.3. The topological polar surface area (TPSA) is 40.6 Å². The fourth-order valence-electron chi connectivity index (χ4n) is 4.54. The van der Waals surface area contributed by atoms with Crippen LogP contribution in [0.5, 0.6) is 0 Å². The average Bonchev–Trinajstić information content (AvgIpc) is 2.95. The molecule has 1 heterocycles. The first kappa shape index (κ1) is 22.1. The van der Waals surface area contributed by atoms with E-state index >= 15 is 0 Å². The van der Waals surface area contributed by atoms with E-state index < -0.39 is 5.54 Å². The van der Waals surface area contributed by atoms with Crippen molar-refractivity contribution in [2.24, 2.45) is 5.92 Å². The van der Waals surface area contributed by atoms with Crippen LogP contribution in [-0.4, -0.2) is 28.9 Å². The van der Waals surface area contributed by atoms with E-state index in [1.54, 1.807) is 4.90 Å². The summed E-state index contributed by atoms with van der Waals surface area (Å²) in [4.78, 5) is 29.9. The van der Waals surface area contributed by atoms with E-state index in [1.165, 1.54) is 21.6 Å². The summed E-state index contributed by atoms with van der Waals surface area (Å²) in [5, 5.41) is 0. The SMILES string of the molecule is CC(C)c1ccc(N2C(=O)N(CC3=CC=CCC3Cc3ccccc3)C(C)(C)C2=O)cc1. The van der Waals surface area contributed by atoms with Crippen LogP contribution < -0.4 is 4.90 Å². The lowest BCUT2D eigenvalue weighted by atomic mass is 9.85. The average molecular weight is 429 g/mol. The summed E-state index contributed by atoms with van der Waals surface area (Å²) >= 11 is 0. The Kier molecular flexibility index (Phi) is 6.05. The number of imide groups is 1. The van der Waals surface area contributed by atoms with Crippen LogP contribution in [0.3, 0.4) is 0 Å². The lowest BCUT2D eigenvalue weighted by molar-refractivity contribution is -0.123. The van der Waals surface area contributed by atoms with Gasteiger partial charge < -0.3 is 4.90 Å². The fraction of sp³-hybridized carbons (Fsp3) is 0.357. The lowest BCUT2D eigenvalue weighted by Gasteiger charge is -2.32. The van der Waals surface area contributed by atoms with Crippen molar-refractivity contribution in [3.8, 4) is 0 Å². The van der Waals surface area contributed by atoms with Crippen molar-refractivity contribution in [2.45, 2.75) is 52.0 Å². The standard InChI is InChI=1S/C28H32N2O2/c1-20(2)22-14-16-25(17-15-22)30-26(31)28(3,4)29(27(30)32)19-24-13-9-8-12-23(24)18-21-10-6-5-7-11-21/h5-11,13-17,20,23H,12,18-19H2,1-4H3. The van der Waals surface area contributed by atoms with Gasteiger partial charge in [0.05, 0.1) is 5.69 Å². The van der Waals surface area contributed by atoms with Crippen molar-refractivity contribution in [1.82, 2.24) is 4.90 Å². The molecule has 0 saturated carbocycles. The number of benzene rings is 2. The predicted octanol–water partition coefficient (Wildman–Crippen LogP) is 6.10. The molecule has 2 aliphatic rings. The van der Waals surface area contributed by atoms with Crippen LogP contribution in [0.4, 0.5) is 10.5 Å². The number of anilines is 1. The maximum absolute atomic E-state index is 13.5. The van der Waals surface area contributed by atoms with Gasteiger partial charge in [-0.2, -0.15) is 0 Å². The summed E-state index contributed by atoms with van der Waals surface area (Å²) in [5.41, 5.74) is 3.41. The molecule has 2 aromatic carbocycles. The lowest BCUT2D eigenvalue weighted by Crippen LogP contribution is -2.45. The Morgan fingerprint density at radius 1 is 1.00 bits per heavy atom. The number of hydrogen-bond donors (Lipinski definition) is 0. The van der Waals surface area contributed by atoms with Crippen molar-refractivity contribution in [2.75, 3.05) is 11.4 Å². The van der Waals surface area contributed by atoms with Crippen LogP contribution in [0.25, 0.3) is 0 Å². The number of allylic oxidation sites excluding steroid dienone is 3. The summed E-state index contributed by atoms with van der Waals surface area (Å²) in [5.74, 6) is 0.543. The first-order valence-electron chi connectivity index (χ1n) is 11.4. The van der Waals surface area contributed by atoms with Gasteiger partial charge in [-0.3, -0.25) is 4.79 Å². The third-order valence-corrected chi connectivity index (χ3v) is 6.70. The van der Waals surface area contributed by atoms with Gasteiger partial charge in [0.25, 0.3) is 5.91 Å². The molecule has 0 bridgehead atoms. The second-order valence-electron chi connectivity index (χ2n) is 9.61. The van der Waals surface area contributed by atoms with E-state index in [9.17, 15) is 9.59 Å². The van der Waals surface area contributed by atoms with Gasteiger partial charge >= 0.3 is 6.03 Å². The number of urea groups is 1. The maximum Gasteiger partial charge on any atom is 0.332 e. The van der Waals surface area contributed by atoms with Crippen molar-refractivity contribution < 1.29 is 9.59 Å². The number of amides is 3. The van der Waals surface area contributed by atoms with Crippen LogP contribution in [0, 0.1) is 5.92 Å². The maximum atomic E-state index is 13.5. The molecule has 4 rings (SSSR count). The Morgan fingerprint density at radius 3 is 2.34 bits per heavy atom. The van der Waals surface area contributed by atoms with E-state index in [0.717, 1.165) is 12.8 Å². The summed E-state index contributed by atoms with van der Waals surface area (Å²) in [6.07, 6.45) is 8.23. The van der Waals surface area contributed by atoms with Crippen LogP contribution >= 0.6 is 0 Å². The minimum Gasteiger partial charge on any atom is -0.306 e. The van der Waals surface area contributed by atoms with Crippen LogP contribution in [-0.2, 0) is 11.2 Å².